The molecule has 2 aromatic rings. The second kappa shape index (κ2) is 6.28. The molecule has 3 N–H and O–H groups in total. The van der Waals surface area contributed by atoms with Crippen molar-refractivity contribution in [2.24, 2.45) is 11.8 Å². The van der Waals surface area contributed by atoms with Crippen molar-refractivity contribution in [2.45, 2.75) is 39.0 Å². The smallest absolute Gasteiger partial charge is 0.226 e. The Morgan fingerprint density at radius 3 is 2.81 bits per heavy atom. The highest BCUT2D eigenvalue weighted by molar-refractivity contribution is 5.86. The highest BCUT2D eigenvalue weighted by atomic mass is 15.2. The van der Waals surface area contributed by atoms with Crippen molar-refractivity contribution < 1.29 is 0 Å². The molecule has 21 heavy (non-hydrogen) atoms. The van der Waals surface area contributed by atoms with Crippen LogP contribution in [0, 0.1) is 11.8 Å². The molecule has 0 amide bonds. The number of nitrogens with one attached hydrogen (secondary N) is 3. The quantitative estimate of drug-likeness (QED) is 0.788. The predicted molar refractivity (Wildman–Crippen MR) is 85.5 cm³/mol. The Hall–Kier alpha value is -1.85. The predicted octanol–water partition coefficient (Wildman–Crippen LogP) is 3.02. The van der Waals surface area contributed by atoms with Crippen LogP contribution in [-0.2, 0) is 0 Å². The van der Waals surface area contributed by atoms with Crippen LogP contribution in [0.25, 0.3) is 11.0 Å². The third kappa shape index (κ3) is 3.25. The Labute approximate surface area is 125 Å². The summed E-state index contributed by atoms with van der Waals surface area (Å²) in [6, 6.07) is 0. The fraction of sp³-hybridized carbons (Fsp3) is 0.667. The van der Waals surface area contributed by atoms with E-state index in [4.69, 9.17) is 0 Å². The van der Waals surface area contributed by atoms with E-state index in [1.807, 2.05) is 7.05 Å². The van der Waals surface area contributed by atoms with Crippen molar-refractivity contribution in [3.05, 3.63) is 6.20 Å². The molecule has 1 fully saturated rings. The third-order valence-corrected chi connectivity index (χ3v) is 4.51. The van der Waals surface area contributed by atoms with Crippen LogP contribution in [0.1, 0.15) is 39.0 Å². The van der Waals surface area contributed by atoms with Crippen LogP contribution in [-0.4, -0.2) is 33.8 Å². The number of aromatic amines is 1. The van der Waals surface area contributed by atoms with Gasteiger partial charge in [0.25, 0.3) is 0 Å². The molecule has 114 valence electrons. The van der Waals surface area contributed by atoms with Crippen molar-refractivity contribution in [2.75, 3.05) is 24.2 Å². The van der Waals surface area contributed by atoms with E-state index in [0.29, 0.717) is 5.95 Å². The summed E-state index contributed by atoms with van der Waals surface area (Å²) < 4.78 is 0. The molecule has 1 aliphatic carbocycles. The zero-order valence-corrected chi connectivity index (χ0v) is 12.8. The molecule has 1 aliphatic rings. The second-order valence-corrected chi connectivity index (χ2v) is 6.12. The lowest BCUT2D eigenvalue weighted by atomic mass is 9.81. The first-order chi connectivity index (χ1) is 10.3. The van der Waals surface area contributed by atoms with E-state index in [-0.39, 0.29) is 0 Å². The van der Waals surface area contributed by atoms with Gasteiger partial charge in [-0.2, -0.15) is 15.1 Å². The molecule has 0 unspecified atom stereocenters. The summed E-state index contributed by atoms with van der Waals surface area (Å²) in [6.07, 6.45) is 8.50. The van der Waals surface area contributed by atoms with Gasteiger partial charge in [-0.3, -0.25) is 5.10 Å². The summed E-state index contributed by atoms with van der Waals surface area (Å²) in [6.45, 7) is 3.32. The van der Waals surface area contributed by atoms with Gasteiger partial charge in [0, 0.05) is 13.6 Å². The van der Waals surface area contributed by atoms with E-state index in [1.165, 1.54) is 32.1 Å². The minimum absolute atomic E-state index is 0.612. The van der Waals surface area contributed by atoms with Crippen LogP contribution >= 0.6 is 0 Å². The Bertz CT molecular complexity index is 585. The number of hydrogen-bond acceptors (Lipinski definition) is 5. The van der Waals surface area contributed by atoms with E-state index in [0.717, 1.165) is 35.2 Å². The molecule has 0 atom stereocenters. The SMILES string of the molecule is CNc1nc(NCCC2CCC(C)CC2)c2cn[nH]c2n1. The number of anilines is 2. The highest BCUT2D eigenvalue weighted by Gasteiger charge is 2.18. The monoisotopic (exact) mass is 288 g/mol. The molecule has 3 rings (SSSR count). The first kappa shape index (κ1) is 14.1. The van der Waals surface area contributed by atoms with E-state index in [1.54, 1.807) is 6.20 Å². The molecule has 1 saturated carbocycles. The van der Waals surface area contributed by atoms with Gasteiger partial charge in [0.05, 0.1) is 11.6 Å². The van der Waals surface area contributed by atoms with E-state index >= 15 is 0 Å². The standard InChI is InChI=1S/C15H24N6/c1-10-3-5-11(6-4-10)7-8-17-13-12-9-18-21-14(12)20-15(16-2)19-13/h9-11H,3-8H2,1-2H3,(H3,16,17,18,19,20,21). The average Bonchev–Trinajstić information content (AvgIpc) is 2.97. The van der Waals surface area contributed by atoms with Crippen LogP contribution in [0.5, 0.6) is 0 Å². The first-order valence-electron chi connectivity index (χ1n) is 7.89. The molecule has 6 nitrogen and oxygen atoms in total. The molecule has 2 aromatic heterocycles. The molecule has 0 radical (unpaired) electrons. The fourth-order valence-corrected chi connectivity index (χ4v) is 3.09. The molecule has 0 bridgehead atoms. The minimum Gasteiger partial charge on any atom is -0.369 e. The summed E-state index contributed by atoms with van der Waals surface area (Å²) in [5.41, 5.74) is 0.767. The molecule has 2 heterocycles. The van der Waals surface area contributed by atoms with Crippen LogP contribution in [0.4, 0.5) is 11.8 Å². The maximum Gasteiger partial charge on any atom is 0.226 e. The van der Waals surface area contributed by atoms with E-state index in [9.17, 15) is 0 Å². The Balaban J connectivity index is 1.61. The van der Waals surface area contributed by atoms with Crippen molar-refractivity contribution in [1.82, 2.24) is 20.2 Å². The van der Waals surface area contributed by atoms with Crippen molar-refractivity contribution in [3.8, 4) is 0 Å². The van der Waals surface area contributed by atoms with Gasteiger partial charge in [-0.1, -0.05) is 32.6 Å². The summed E-state index contributed by atoms with van der Waals surface area (Å²) in [5, 5.41) is 14.3. The van der Waals surface area contributed by atoms with Gasteiger partial charge in [-0.25, -0.2) is 0 Å². The van der Waals surface area contributed by atoms with E-state index < -0.39 is 0 Å². The summed E-state index contributed by atoms with van der Waals surface area (Å²) >= 11 is 0. The number of rotatable bonds is 5. The van der Waals surface area contributed by atoms with Crippen LogP contribution < -0.4 is 10.6 Å². The Morgan fingerprint density at radius 1 is 1.24 bits per heavy atom. The van der Waals surface area contributed by atoms with E-state index in [2.05, 4.69) is 37.7 Å². The van der Waals surface area contributed by atoms with Crippen molar-refractivity contribution in [1.29, 1.82) is 0 Å². The number of nitrogens with zero attached hydrogens (tertiary/aromatic N) is 3. The minimum atomic E-state index is 0.612. The van der Waals surface area contributed by atoms with Gasteiger partial charge in [0.15, 0.2) is 5.65 Å². The topological polar surface area (TPSA) is 78.5 Å². The van der Waals surface area contributed by atoms with Gasteiger partial charge in [0.1, 0.15) is 5.82 Å². The summed E-state index contributed by atoms with van der Waals surface area (Å²) in [7, 11) is 1.82. The molecule has 0 saturated heterocycles. The lowest BCUT2D eigenvalue weighted by molar-refractivity contribution is 0.282. The molecular formula is C15H24N6. The van der Waals surface area contributed by atoms with Gasteiger partial charge in [-0.05, 0) is 18.3 Å². The van der Waals surface area contributed by atoms with Crippen LogP contribution in [0.15, 0.2) is 6.20 Å². The molecule has 0 aromatic carbocycles. The summed E-state index contributed by atoms with van der Waals surface area (Å²) in [5.74, 6) is 3.25. The molecule has 0 spiro atoms. The fourth-order valence-electron chi connectivity index (χ4n) is 3.09. The Morgan fingerprint density at radius 2 is 2.05 bits per heavy atom. The van der Waals surface area contributed by atoms with Crippen molar-refractivity contribution >= 4 is 22.8 Å². The molecule has 0 aliphatic heterocycles. The lowest BCUT2D eigenvalue weighted by Crippen LogP contribution is -2.16. The second-order valence-electron chi connectivity index (χ2n) is 6.12. The summed E-state index contributed by atoms with van der Waals surface area (Å²) in [4.78, 5) is 8.83. The lowest BCUT2D eigenvalue weighted by Gasteiger charge is -2.26. The molecule has 6 heteroatoms. The number of hydrogen-bond donors (Lipinski definition) is 3. The number of aromatic nitrogens is 4. The number of fused-ring (bicyclic) bond motifs is 1. The normalized spacial score (nSPS) is 22.4. The van der Waals surface area contributed by atoms with Crippen LogP contribution in [0.2, 0.25) is 0 Å². The zero-order chi connectivity index (χ0) is 14.7. The Kier molecular flexibility index (Phi) is 4.22. The molecular weight excluding hydrogens is 264 g/mol. The zero-order valence-electron chi connectivity index (χ0n) is 12.8. The average molecular weight is 288 g/mol. The van der Waals surface area contributed by atoms with Gasteiger partial charge < -0.3 is 10.6 Å². The van der Waals surface area contributed by atoms with Gasteiger partial charge in [-0.15, -0.1) is 0 Å². The van der Waals surface area contributed by atoms with Gasteiger partial charge in [0.2, 0.25) is 5.95 Å². The highest BCUT2D eigenvalue weighted by Crippen LogP contribution is 2.30. The number of H-pyrrole nitrogens is 1. The van der Waals surface area contributed by atoms with Crippen LogP contribution in [0.3, 0.4) is 0 Å². The maximum absolute atomic E-state index is 4.49. The maximum atomic E-state index is 4.49. The third-order valence-electron chi connectivity index (χ3n) is 4.51. The first-order valence-corrected chi connectivity index (χ1v) is 7.89. The largest absolute Gasteiger partial charge is 0.369 e. The van der Waals surface area contributed by atoms with Crippen molar-refractivity contribution in [3.63, 3.8) is 0 Å². The van der Waals surface area contributed by atoms with Gasteiger partial charge >= 0.3 is 0 Å².